The topological polar surface area (TPSA) is 29.3 Å². The van der Waals surface area contributed by atoms with Crippen LogP contribution in [0.2, 0.25) is 0 Å². The predicted molar refractivity (Wildman–Crippen MR) is 76.5 cm³/mol. The van der Waals surface area contributed by atoms with E-state index in [0.717, 1.165) is 19.6 Å². The van der Waals surface area contributed by atoms with Crippen molar-refractivity contribution in [2.24, 2.45) is 11.7 Å². The fraction of sp³-hybridized carbons (Fsp3) is 0.600. The summed E-state index contributed by atoms with van der Waals surface area (Å²) in [5, 5.41) is 0. The van der Waals surface area contributed by atoms with Gasteiger partial charge in [-0.05, 0) is 51.3 Å². The van der Waals surface area contributed by atoms with Crippen LogP contribution in [0.5, 0.6) is 0 Å². The maximum Gasteiger partial charge on any atom is 0.0366 e. The minimum absolute atomic E-state index is 0.645. The SMILES string of the molecule is CCN(CCCC(C)CN)c1ccc(C)cc1. The Bertz CT molecular complexity index is 305. The fourth-order valence-corrected chi connectivity index (χ4v) is 1.97. The van der Waals surface area contributed by atoms with Gasteiger partial charge < -0.3 is 10.6 Å². The Morgan fingerprint density at radius 3 is 2.41 bits per heavy atom. The summed E-state index contributed by atoms with van der Waals surface area (Å²) in [7, 11) is 0. The van der Waals surface area contributed by atoms with E-state index < -0.39 is 0 Å². The first-order valence-corrected chi connectivity index (χ1v) is 6.69. The predicted octanol–water partition coefficient (Wildman–Crippen LogP) is 3.20. The molecule has 0 radical (unpaired) electrons. The van der Waals surface area contributed by atoms with Gasteiger partial charge in [0.2, 0.25) is 0 Å². The molecule has 0 aliphatic heterocycles. The van der Waals surface area contributed by atoms with Gasteiger partial charge in [0.1, 0.15) is 0 Å². The molecule has 0 bridgehead atoms. The summed E-state index contributed by atoms with van der Waals surface area (Å²) < 4.78 is 0. The lowest BCUT2D eigenvalue weighted by molar-refractivity contribution is 0.518. The Labute approximate surface area is 106 Å². The van der Waals surface area contributed by atoms with Crippen molar-refractivity contribution in [1.82, 2.24) is 0 Å². The Hall–Kier alpha value is -1.02. The number of anilines is 1. The minimum Gasteiger partial charge on any atom is -0.372 e. The standard InChI is InChI=1S/C15H26N2/c1-4-17(11-5-6-14(3)12-16)15-9-7-13(2)8-10-15/h7-10,14H,4-6,11-12,16H2,1-3H3. The van der Waals surface area contributed by atoms with E-state index in [1.807, 2.05) is 0 Å². The van der Waals surface area contributed by atoms with E-state index in [0.29, 0.717) is 5.92 Å². The Balaban J connectivity index is 2.45. The van der Waals surface area contributed by atoms with Crippen LogP contribution in [0.25, 0.3) is 0 Å². The zero-order valence-corrected chi connectivity index (χ0v) is 11.4. The maximum absolute atomic E-state index is 5.64. The van der Waals surface area contributed by atoms with Crippen molar-refractivity contribution in [1.29, 1.82) is 0 Å². The van der Waals surface area contributed by atoms with Crippen molar-refractivity contribution in [2.75, 3.05) is 24.5 Å². The van der Waals surface area contributed by atoms with Crippen LogP contribution in [0, 0.1) is 12.8 Å². The lowest BCUT2D eigenvalue weighted by Crippen LogP contribution is -2.24. The Kier molecular flexibility index (Phi) is 6.06. The van der Waals surface area contributed by atoms with Gasteiger partial charge in [-0.3, -0.25) is 0 Å². The number of hydrogen-bond acceptors (Lipinski definition) is 2. The molecular formula is C15H26N2. The molecule has 17 heavy (non-hydrogen) atoms. The summed E-state index contributed by atoms with van der Waals surface area (Å²) in [6.45, 7) is 9.57. The average molecular weight is 234 g/mol. The molecule has 96 valence electrons. The van der Waals surface area contributed by atoms with Crippen LogP contribution in [0.4, 0.5) is 5.69 Å². The Morgan fingerprint density at radius 1 is 1.24 bits per heavy atom. The lowest BCUT2D eigenvalue weighted by atomic mass is 10.1. The molecule has 1 aromatic carbocycles. The molecule has 0 aliphatic carbocycles. The second kappa shape index (κ2) is 7.33. The molecular weight excluding hydrogens is 208 g/mol. The van der Waals surface area contributed by atoms with Crippen molar-refractivity contribution in [2.45, 2.75) is 33.6 Å². The smallest absolute Gasteiger partial charge is 0.0366 e. The van der Waals surface area contributed by atoms with E-state index in [4.69, 9.17) is 5.73 Å². The molecule has 1 rings (SSSR count). The van der Waals surface area contributed by atoms with Gasteiger partial charge in [-0.2, -0.15) is 0 Å². The van der Waals surface area contributed by atoms with Crippen molar-refractivity contribution >= 4 is 5.69 Å². The van der Waals surface area contributed by atoms with Crippen molar-refractivity contribution in [3.63, 3.8) is 0 Å². The third kappa shape index (κ3) is 4.78. The first-order valence-electron chi connectivity index (χ1n) is 6.69. The van der Waals surface area contributed by atoms with Gasteiger partial charge in [-0.15, -0.1) is 0 Å². The molecule has 0 amide bonds. The minimum atomic E-state index is 0.645. The van der Waals surface area contributed by atoms with Crippen LogP contribution >= 0.6 is 0 Å². The highest BCUT2D eigenvalue weighted by atomic mass is 15.1. The van der Waals surface area contributed by atoms with E-state index in [-0.39, 0.29) is 0 Å². The van der Waals surface area contributed by atoms with E-state index in [2.05, 4.69) is 49.9 Å². The summed E-state index contributed by atoms with van der Waals surface area (Å²) in [4.78, 5) is 2.43. The average Bonchev–Trinajstić information content (AvgIpc) is 2.35. The van der Waals surface area contributed by atoms with Gasteiger partial charge >= 0.3 is 0 Å². The number of nitrogens with zero attached hydrogens (tertiary/aromatic N) is 1. The highest BCUT2D eigenvalue weighted by Crippen LogP contribution is 2.16. The number of nitrogens with two attached hydrogens (primary N) is 1. The van der Waals surface area contributed by atoms with Gasteiger partial charge in [0.15, 0.2) is 0 Å². The second-order valence-electron chi connectivity index (χ2n) is 4.90. The molecule has 0 spiro atoms. The molecule has 0 aliphatic rings. The number of aryl methyl sites for hydroxylation is 1. The fourth-order valence-electron chi connectivity index (χ4n) is 1.97. The van der Waals surface area contributed by atoms with Crippen molar-refractivity contribution in [3.05, 3.63) is 29.8 Å². The van der Waals surface area contributed by atoms with Crippen LogP contribution in [0.3, 0.4) is 0 Å². The van der Waals surface area contributed by atoms with Gasteiger partial charge in [0.25, 0.3) is 0 Å². The number of benzene rings is 1. The molecule has 2 nitrogen and oxygen atoms in total. The first kappa shape index (κ1) is 14.0. The van der Waals surface area contributed by atoms with Crippen LogP contribution in [0.1, 0.15) is 32.3 Å². The normalized spacial score (nSPS) is 12.5. The van der Waals surface area contributed by atoms with Crippen LogP contribution < -0.4 is 10.6 Å². The molecule has 0 heterocycles. The summed E-state index contributed by atoms with van der Waals surface area (Å²) in [6, 6.07) is 8.79. The van der Waals surface area contributed by atoms with Gasteiger partial charge in [-0.1, -0.05) is 24.6 Å². The van der Waals surface area contributed by atoms with E-state index in [1.54, 1.807) is 0 Å². The molecule has 2 N–H and O–H groups in total. The van der Waals surface area contributed by atoms with E-state index in [9.17, 15) is 0 Å². The van der Waals surface area contributed by atoms with Crippen LogP contribution in [-0.2, 0) is 0 Å². The summed E-state index contributed by atoms with van der Waals surface area (Å²) >= 11 is 0. The van der Waals surface area contributed by atoms with Gasteiger partial charge in [0.05, 0.1) is 0 Å². The molecule has 0 saturated carbocycles. The first-order chi connectivity index (χ1) is 8.17. The third-order valence-electron chi connectivity index (χ3n) is 3.31. The zero-order chi connectivity index (χ0) is 12.7. The van der Waals surface area contributed by atoms with Crippen molar-refractivity contribution in [3.8, 4) is 0 Å². The molecule has 0 fully saturated rings. The summed E-state index contributed by atoms with van der Waals surface area (Å²) in [5.74, 6) is 0.645. The lowest BCUT2D eigenvalue weighted by Gasteiger charge is -2.23. The van der Waals surface area contributed by atoms with Crippen LogP contribution in [-0.4, -0.2) is 19.6 Å². The highest BCUT2D eigenvalue weighted by molar-refractivity contribution is 5.47. The Morgan fingerprint density at radius 2 is 1.88 bits per heavy atom. The molecule has 0 aromatic heterocycles. The van der Waals surface area contributed by atoms with E-state index in [1.165, 1.54) is 24.1 Å². The molecule has 0 saturated heterocycles. The quantitative estimate of drug-likeness (QED) is 0.785. The molecule has 1 aromatic rings. The number of rotatable bonds is 7. The molecule has 1 unspecified atom stereocenters. The zero-order valence-electron chi connectivity index (χ0n) is 11.4. The summed E-state index contributed by atoms with van der Waals surface area (Å²) in [5.41, 5.74) is 8.29. The van der Waals surface area contributed by atoms with Crippen LogP contribution in [0.15, 0.2) is 24.3 Å². The maximum atomic E-state index is 5.64. The van der Waals surface area contributed by atoms with Crippen molar-refractivity contribution < 1.29 is 0 Å². The molecule has 1 atom stereocenters. The monoisotopic (exact) mass is 234 g/mol. The van der Waals surface area contributed by atoms with Gasteiger partial charge in [-0.25, -0.2) is 0 Å². The van der Waals surface area contributed by atoms with E-state index >= 15 is 0 Å². The third-order valence-corrected chi connectivity index (χ3v) is 3.31. The second-order valence-corrected chi connectivity index (χ2v) is 4.90. The number of hydrogen-bond donors (Lipinski definition) is 1. The highest BCUT2D eigenvalue weighted by Gasteiger charge is 2.05. The molecule has 2 heteroatoms. The summed E-state index contributed by atoms with van der Waals surface area (Å²) in [6.07, 6.45) is 2.44. The largest absolute Gasteiger partial charge is 0.372 e. The van der Waals surface area contributed by atoms with Gasteiger partial charge in [0, 0.05) is 18.8 Å².